The second-order valence-corrected chi connectivity index (χ2v) is 5.59. The van der Waals surface area contributed by atoms with Crippen LogP contribution in [0, 0.1) is 0 Å². The molecule has 0 spiro atoms. The Morgan fingerprint density at radius 2 is 1.25 bits per heavy atom. The van der Waals surface area contributed by atoms with E-state index in [4.69, 9.17) is 0 Å². The zero-order valence-corrected chi connectivity index (χ0v) is 11.3. The quantitative estimate of drug-likeness (QED) is 0.637. The average molecular weight is 276 g/mol. The number of rotatable bonds is 1. The molecule has 106 valence electrons. The first-order valence-corrected chi connectivity index (χ1v) is 6.73. The molecule has 6 heteroatoms. The first kappa shape index (κ1) is 11.6. The summed E-state index contributed by atoms with van der Waals surface area (Å²) in [6, 6.07) is 0. The van der Waals surface area contributed by atoms with Crippen molar-refractivity contribution in [1.29, 1.82) is 0 Å². The van der Waals surface area contributed by atoms with Crippen molar-refractivity contribution >= 4 is 0 Å². The van der Waals surface area contributed by atoms with E-state index < -0.39 is 0 Å². The van der Waals surface area contributed by atoms with Crippen LogP contribution in [-0.2, 0) is 13.6 Å². The number of nitrogens with zero attached hydrogens (tertiary/aromatic N) is 2. The standard InChI is InChI=1S/C14H16N2O4/c1-3-16-13(19)9-5-4-6(10(9)14(16)20)8-7(5)11(17)15(2)12(8)18/h5-6,17-20H,3-4H2,1-2H3. The summed E-state index contributed by atoms with van der Waals surface area (Å²) in [5.74, 6) is -0.0917. The van der Waals surface area contributed by atoms with E-state index in [1.807, 2.05) is 6.92 Å². The van der Waals surface area contributed by atoms with Gasteiger partial charge in [-0.25, -0.2) is 0 Å². The fourth-order valence-electron chi connectivity index (χ4n) is 4.00. The molecule has 0 saturated heterocycles. The number of hydrogen-bond acceptors (Lipinski definition) is 4. The van der Waals surface area contributed by atoms with Gasteiger partial charge in [-0.1, -0.05) is 0 Å². The molecule has 20 heavy (non-hydrogen) atoms. The Labute approximate surface area is 115 Å². The minimum atomic E-state index is -0.157. The lowest BCUT2D eigenvalue weighted by atomic mass is 9.90. The summed E-state index contributed by atoms with van der Waals surface area (Å²) in [5.41, 5.74) is 2.77. The first-order valence-electron chi connectivity index (χ1n) is 6.73. The van der Waals surface area contributed by atoms with Crippen molar-refractivity contribution < 1.29 is 20.4 Å². The highest BCUT2D eigenvalue weighted by molar-refractivity contribution is 5.70. The molecule has 0 amide bonds. The lowest BCUT2D eigenvalue weighted by Crippen LogP contribution is -1.98. The summed E-state index contributed by atoms with van der Waals surface area (Å²) in [6.45, 7) is 2.32. The van der Waals surface area contributed by atoms with E-state index in [1.165, 1.54) is 9.13 Å². The number of fused-ring (bicyclic) bond motifs is 8. The molecular weight excluding hydrogens is 260 g/mol. The minimum Gasteiger partial charge on any atom is -0.494 e. The van der Waals surface area contributed by atoms with Gasteiger partial charge in [0.25, 0.3) is 0 Å². The maximum absolute atomic E-state index is 10.3. The van der Waals surface area contributed by atoms with Gasteiger partial charge < -0.3 is 20.4 Å². The molecule has 2 aromatic rings. The Kier molecular flexibility index (Phi) is 1.88. The van der Waals surface area contributed by atoms with Crippen molar-refractivity contribution in [3.05, 3.63) is 22.3 Å². The van der Waals surface area contributed by atoms with Crippen LogP contribution < -0.4 is 0 Å². The summed E-state index contributed by atoms with van der Waals surface area (Å²) in [4.78, 5) is 0. The maximum atomic E-state index is 10.3. The first-order chi connectivity index (χ1) is 9.49. The van der Waals surface area contributed by atoms with Gasteiger partial charge in [-0.2, -0.15) is 0 Å². The Morgan fingerprint density at radius 3 is 1.65 bits per heavy atom. The van der Waals surface area contributed by atoms with Gasteiger partial charge in [0.15, 0.2) is 23.5 Å². The summed E-state index contributed by atoms with van der Waals surface area (Å²) >= 11 is 0. The summed E-state index contributed by atoms with van der Waals surface area (Å²) < 4.78 is 2.81. The van der Waals surface area contributed by atoms with Crippen LogP contribution in [0.1, 0.15) is 47.4 Å². The molecule has 0 saturated carbocycles. The van der Waals surface area contributed by atoms with Gasteiger partial charge in [0.2, 0.25) is 0 Å². The van der Waals surface area contributed by atoms with E-state index in [-0.39, 0.29) is 35.4 Å². The highest BCUT2D eigenvalue weighted by Gasteiger charge is 2.51. The third kappa shape index (κ3) is 0.961. The summed E-state index contributed by atoms with van der Waals surface area (Å²) in [6.07, 6.45) is 0.683. The van der Waals surface area contributed by atoms with Crippen molar-refractivity contribution in [3.63, 3.8) is 0 Å². The van der Waals surface area contributed by atoms with Crippen LogP contribution in [0.2, 0.25) is 0 Å². The Hall–Kier alpha value is -2.24. The number of hydrogen-bond donors (Lipinski definition) is 4. The molecule has 2 unspecified atom stereocenters. The molecule has 2 aliphatic rings. The molecule has 2 aromatic heterocycles. The average Bonchev–Trinajstić information content (AvgIpc) is 3.10. The molecule has 2 bridgehead atoms. The third-order valence-corrected chi connectivity index (χ3v) is 4.87. The van der Waals surface area contributed by atoms with Gasteiger partial charge in [-0.05, 0) is 13.3 Å². The van der Waals surface area contributed by atoms with E-state index in [0.29, 0.717) is 35.2 Å². The normalized spacial score (nSPS) is 22.3. The van der Waals surface area contributed by atoms with E-state index in [0.717, 1.165) is 0 Å². The molecule has 4 N–H and O–H groups in total. The van der Waals surface area contributed by atoms with Crippen LogP contribution in [0.15, 0.2) is 0 Å². The predicted molar refractivity (Wildman–Crippen MR) is 70.5 cm³/mol. The summed E-state index contributed by atoms with van der Waals surface area (Å²) in [5, 5.41) is 40.9. The zero-order valence-electron chi connectivity index (χ0n) is 11.3. The molecule has 0 aliphatic heterocycles. The second kappa shape index (κ2) is 3.26. The van der Waals surface area contributed by atoms with Crippen LogP contribution in [0.5, 0.6) is 23.5 Å². The lowest BCUT2D eigenvalue weighted by Gasteiger charge is -2.11. The van der Waals surface area contributed by atoms with Crippen molar-refractivity contribution in [1.82, 2.24) is 9.13 Å². The van der Waals surface area contributed by atoms with Crippen LogP contribution in [0.25, 0.3) is 0 Å². The van der Waals surface area contributed by atoms with Crippen molar-refractivity contribution in [2.45, 2.75) is 31.7 Å². The van der Waals surface area contributed by atoms with Crippen LogP contribution in [0.4, 0.5) is 0 Å². The minimum absolute atomic E-state index is 0.0405. The smallest absolute Gasteiger partial charge is 0.198 e. The molecule has 0 aromatic carbocycles. The largest absolute Gasteiger partial charge is 0.494 e. The third-order valence-electron chi connectivity index (χ3n) is 4.87. The lowest BCUT2D eigenvalue weighted by molar-refractivity contribution is 0.364. The van der Waals surface area contributed by atoms with Crippen LogP contribution >= 0.6 is 0 Å². The fourth-order valence-corrected chi connectivity index (χ4v) is 4.00. The molecule has 0 fully saturated rings. The molecule has 2 aliphatic carbocycles. The van der Waals surface area contributed by atoms with E-state index in [2.05, 4.69) is 0 Å². The maximum Gasteiger partial charge on any atom is 0.198 e. The zero-order chi connectivity index (χ0) is 14.3. The predicted octanol–water partition coefficient (Wildman–Crippen LogP) is 1.65. The second-order valence-electron chi connectivity index (χ2n) is 5.59. The number of aromatic hydroxyl groups is 4. The van der Waals surface area contributed by atoms with Gasteiger partial charge >= 0.3 is 0 Å². The Morgan fingerprint density at radius 1 is 0.850 bits per heavy atom. The molecule has 4 rings (SSSR count). The van der Waals surface area contributed by atoms with E-state index in [9.17, 15) is 20.4 Å². The Bertz CT molecular complexity index is 699. The fraction of sp³-hybridized carbons (Fsp3) is 0.429. The van der Waals surface area contributed by atoms with Crippen molar-refractivity contribution in [2.75, 3.05) is 0 Å². The number of aromatic nitrogens is 2. The van der Waals surface area contributed by atoms with Gasteiger partial charge in [-0.3, -0.25) is 9.13 Å². The summed E-state index contributed by atoms with van der Waals surface area (Å²) in [7, 11) is 1.60. The van der Waals surface area contributed by atoms with E-state index >= 15 is 0 Å². The SMILES string of the molecule is CCn1c(O)c2c(c1O)C1CC2c2c1c(O)n(C)c2O. The monoisotopic (exact) mass is 276 g/mol. The molecule has 6 nitrogen and oxygen atoms in total. The van der Waals surface area contributed by atoms with Crippen LogP contribution in [-0.4, -0.2) is 29.6 Å². The van der Waals surface area contributed by atoms with Gasteiger partial charge in [0.1, 0.15) is 0 Å². The highest BCUT2D eigenvalue weighted by Crippen LogP contribution is 2.66. The van der Waals surface area contributed by atoms with Crippen molar-refractivity contribution in [2.24, 2.45) is 7.05 Å². The Balaban J connectivity index is 2.03. The highest BCUT2D eigenvalue weighted by atomic mass is 16.3. The van der Waals surface area contributed by atoms with Gasteiger partial charge in [-0.15, -0.1) is 0 Å². The van der Waals surface area contributed by atoms with Gasteiger partial charge in [0, 0.05) is 47.7 Å². The van der Waals surface area contributed by atoms with Gasteiger partial charge in [0.05, 0.1) is 0 Å². The molecular formula is C14H16N2O4. The van der Waals surface area contributed by atoms with E-state index in [1.54, 1.807) is 7.05 Å². The topological polar surface area (TPSA) is 90.8 Å². The molecule has 2 atom stereocenters. The molecule has 0 radical (unpaired) electrons. The molecule has 2 heterocycles. The van der Waals surface area contributed by atoms with Crippen LogP contribution in [0.3, 0.4) is 0 Å². The van der Waals surface area contributed by atoms with Crippen molar-refractivity contribution in [3.8, 4) is 23.5 Å².